The summed E-state index contributed by atoms with van der Waals surface area (Å²) in [5.41, 5.74) is 0.618. The molecule has 9 heteroatoms. The zero-order chi connectivity index (χ0) is 19.5. The maximum Gasteiger partial charge on any atom is 0.313 e. The number of hydrogen-bond acceptors (Lipinski definition) is 8. The number of esters is 2. The van der Waals surface area contributed by atoms with Crippen LogP contribution in [0.15, 0.2) is 16.6 Å². The molecule has 0 radical (unpaired) electrons. The summed E-state index contributed by atoms with van der Waals surface area (Å²) in [6, 6.07) is 3.05. The minimum absolute atomic E-state index is 0.0786. The number of methoxy groups -OCH3 is 3. The van der Waals surface area contributed by atoms with Gasteiger partial charge in [0.05, 0.1) is 49.8 Å². The van der Waals surface area contributed by atoms with Crippen LogP contribution in [0.1, 0.15) is 28.3 Å². The van der Waals surface area contributed by atoms with Crippen LogP contribution in [-0.4, -0.2) is 59.6 Å². The highest BCUT2D eigenvalue weighted by molar-refractivity contribution is 9.10. The van der Waals surface area contributed by atoms with E-state index in [-0.39, 0.29) is 24.5 Å². The Morgan fingerprint density at radius 3 is 2.46 bits per heavy atom. The van der Waals surface area contributed by atoms with E-state index in [1.54, 1.807) is 13.2 Å². The molecule has 26 heavy (non-hydrogen) atoms. The van der Waals surface area contributed by atoms with Crippen LogP contribution in [0.3, 0.4) is 0 Å². The third-order valence-electron chi connectivity index (χ3n) is 3.43. The molecule has 0 aliphatic heterocycles. The predicted octanol–water partition coefficient (Wildman–Crippen LogP) is 2.08. The van der Waals surface area contributed by atoms with Gasteiger partial charge in [-0.15, -0.1) is 0 Å². The summed E-state index contributed by atoms with van der Waals surface area (Å²) in [6.07, 6.45) is 0.374. The number of ether oxygens (including phenoxy) is 5. The molecule has 0 fully saturated rings. The quantitative estimate of drug-likeness (QED) is 0.227. The number of carbonyl (C=O) groups is 3. The lowest BCUT2D eigenvalue weighted by Gasteiger charge is -2.17. The molecule has 0 aliphatic rings. The van der Waals surface area contributed by atoms with Gasteiger partial charge in [0.1, 0.15) is 5.75 Å². The first kappa shape index (κ1) is 22.1. The number of halogens is 1. The van der Waals surface area contributed by atoms with Gasteiger partial charge in [0, 0.05) is 7.11 Å². The van der Waals surface area contributed by atoms with Crippen LogP contribution in [-0.2, 0) is 28.5 Å². The molecule has 0 spiro atoms. The summed E-state index contributed by atoms with van der Waals surface area (Å²) in [5.74, 6) is -1.83. The molecular weight excluding hydrogens is 412 g/mol. The van der Waals surface area contributed by atoms with E-state index in [4.69, 9.17) is 18.9 Å². The first-order valence-corrected chi connectivity index (χ1v) is 8.40. The van der Waals surface area contributed by atoms with E-state index in [9.17, 15) is 14.4 Å². The molecule has 144 valence electrons. The molecule has 0 heterocycles. The van der Waals surface area contributed by atoms with Crippen LogP contribution in [0.25, 0.3) is 0 Å². The van der Waals surface area contributed by atoms with Crippen molar-refractivity contribution in [2.45, 2.75) is 12.3 Å². The molecule has 1 aromatic carbocycles. The Morgan fingerprint density at radius 1 is 1.15 bits per heavy atom. The van der Waals surface area contributed by atoms with E-state index in [0.717, 1.165) is 0 Å². The maximum absolute atomic E-state index is 12.0. The zero-order valence-electron chi connectivity index (χ0n) is 14.8. The molecule has 0 N–H and O–H groups in total. The predicted molar refractivity (Wildman–Crippen MR) is 94.2 cm³/mol. The van der Waals surface area contributed by atoms with Gasteiger partial charge >= 0.3 is 11.9 Å². The molecule has 1 unspecified atom stereocenters. The van der Waals surface area contributed by atoms with Gasteiger partial charge in [0.15, 0.2) is 13.1 Å². The van der Waals surface area contributed by atoms with E-state index in [0.29, 0.717) is 29.5 Å². The highest BCUT2D eigenvalue weighted by Crippen LogP contribution is 2.34. The largest absolute Gasteiger partial charge is 0.469 e. The second kappa shape index (κ2) is 11.6. The Balaban J connectivity index is 3.05. The van der Waals surface area contributed by atoms with Crippen molar-refractivity contribution < 1.29 is 38.1 Å². The number of carbonyl (C=O) groups excluding carboxylic acids is 3. The Morgan fingerprint density at radius 2 is 1.88 bits per heavy atom. The molecule has 0 bridgehead atoms. The van der Waals surface area contributed by atoms with E-state index >= 15 is 0 Å². The molecule has 0 saturated heterocycles. The molecule has 0 amide bonds. The van der Waals surface area contributed by atoms with Crippen LogP contribution in [0.2, 0.25) is 0 Å². The van der Waals surface area contributed by atoms with Crippen molar-refractivity contribution in [2.75, 3.05) is 41.3 Å². The Labute approximate surface area is 159 Å². The van der Waals surface area contributed by atoms with Gasteiger partial charge in [0.2, 0.25) is 0 Å². The van der Waals surface area contributed by atoms with Crippen LogP contribution >= 0.6 is 15.9 Å². The molecule has 0 aromatic heterocycles. The minimum Gasteiger partial charge on any atom is -0.469 e. The average molecular weight is 433 g/mol. The van der Waals surface area contributed by atoms with E-state index in [1.807, 2.05) is 0 Å². The van der Waals surface area contributed by atoms with Gasteiger partial charge in [-0.2, -0.15) is 0 Å². The smallest absolute Gasteiger partial charge is 0.313 e. The highest BCUT2D eigenvalue weighted by Gasteiger charge is 2.27. The van der Waals surface area contributed by atoms with Gasteiger partial charge < -0.3 is 23.7 Å². The van der Waals surface area contributed by atoms with Crippen LogP contribution in [0.5, 0.6) is 5.75 Å². The Kier molecular flexibility index (Phi) is 9.85. The molecule has 1 rings (SSSR count). The van der Waals surface area contributed by atoms with Gasteiger partial charge in [0.25, 0.3) is 0 Å². The van der Waals surface area contributed by atoms with Gasteiger partial charge in [-0.1, -0.05) is 0 Å². The zero-order valence-corrected chi connectivity index (χ0v) is 16.4. The molecular formula is C17H21BrO8. The second-order valence-corrected chi connectivity index (χ2v) is 5.91. The van der Waals surface area contributed by atoms with Crippen molar-refractivity contribution in [3.63, 3.8) is 0 Å². The summed E-state index contributed by atoms with van der Waals surface area (Å²) >= 11 is 3.31. The lowest BCUT2D eigenvalue weighted by Crippen LogP contribution is -2.19. The van der Waals surface area contributed by atoms with Crippen molar-refractivity contribution in [2.24, 2.45) is 0 Å². The van der Waals surface area contributed by atoms with Crippen LogP contribution < -0.4 is 4.74 Å². The average Bonchev–Trinajstić information content (AvgIpc) is 2.65. The summed E-state index contributed by atoms with van der Waals surface area (Å²) in [5, 5.41) is 0. The number of hydrogen-bond donors (Lipinski definition) is 0. The fourth-order valence-corrected chi connectivity index (χ4v) is 2.72. The first-order chi connectivity index (χ1) is 12.5. The molecule has 1 atom stereocenters. The monoisotopic (exact) mass is 432 g/mol. The summed E-state index contributed by atoms with van der Waals surface area (Å²) in [6.45, 7) is 0.676. The summed E-state index contributed by atoms with van der Waals surface area (Å²) < 4.78 is 25.3. The van der Waals surface area contributed by atoms with Crippen LogP contribution in [0, 0.1) is 0 Å². The molecule has 1 aromatic rings. The molecule has 8 nitrogen and oxygen atoms in total. The van der Waals surface area contributed by atoms with Gasteiger partial charge in [-0.05, 0) is 33.6 Å². The fourth-order valence-electron chi connectivity index (χ4n) is 2.11. The molecule has 0 saturated carbocycles. The molecule has 0 aliphatic carbocycles. The standard InChI is InChI=1S/C17H21BrO8/c1-22-4-5-25-10-26-16-12(9-19)6-11(7-14(16)18)13(17(21)24-3)8-15(20)23-2/h6-7,9,13H,4-5,8,10H2,1-3H3. The summed E-state index contributed by atoms with van der Waals surface area (Å²) in [4.78, 5) is 35.1. The fraction of sp³-hybridized carbons (Fsp3) is 0.471. The number of rotatable bonds is 11. The van der Waals surface area contributed by atoms with E-state index in [2.05, 4.69) is 20.7 Å². The van der Waals surface area contributed by atoms with Crippen molar-refractivity contribution in [1.82, 2.24) is 0 Å². The van der Waals surface area contributed by atoms with Gasteiger partial charge in [-0.3, -0.25) is 14.4 Å². The lowest BCUT2D eigenvalue weighted by molar-refractivity contribution is -0.149. The van der Waals surface area contributed by atoms with Crippen molar-refractivity contribution in [3.8, 4) is 5.75 Å². The lowest BCUT2D eigenvalue weighted by atomic mass is 9.94. The maximum atomic E-state index is 12.0. The Bertz CT molecular complexity index is 631. The van der Waals surface area contributed by atoms with Crippen molar-refractivity contribution in [1.29, 1.82) is 0 Å². The normalized spacial score (nSPS) is 11.5. The third kappa shape index (κ3) is 6.40. The second-order valence-electron chi connectivity index (χ2n) is 5.06. The Hall–Kier alpha value is -1.97. The highest BCUT2D eigenvalue weighted by atomic mass is 79.9. The minimum atomic E-state index is -0.908. The SMILES string of the molecule is COCCOCOc1c(Br)cc(C(CC(=O)OC)C(=O)OC)cc1C=O. The van der Waals surface area contributed by atoms with Gasteiger partial charge in [-0.25, -0.2) is 0 Å². The van der Waals surface area contributed by atoms with Crippen molar-refractivity contribution >= 4 is 34.2 Å². The van der Waals surface area contributed by atoms with Crippen molar-refractivity contribution in [3.05, 3.63) is 27.7 Å². The third-order valence-corrected chi connectivity index (χ3v) is 4.02. The topological polar surface area (TPSA) is 97.4 Å². The van der Waals surface area contributed by atoms with Crippen LogP contribution in [0.4, 0.5) is 0 Å². The van der Waals surface area contributed by atoms with E-state index < -0.39 is 17.9 Å². The first-order valence-electron chi connectivity index (χ1n) is 7.61. The van der Waals surface area contributed by atoms with E-state index in [1.165, 1.54) is 20.3 Å². The number of aldehydes is 1. The summed E-state index contributed by atoms with van der Waals surface area (Å²) in [7, 11) is 4.00. The number of benzene rings is 1.